The van der Waals surface area contributed by atoms with Crippen LogP contribution in [0.2, 0.25) is 0 Å². The minimum Gasteiger partial charge on any atom is -0.456 e. The first-order valence-electron chi connectivity index (χ1n) is 11.5. The van der Waals surface area contributed by atoms with Gasteiger partial charge in [0.1, 0.15) is 29.9 Å². The van der Waals surface area contributed by atoms with E-state index < -0.39 is 53.8 Å². The molecule has 1 saturated heterocycles. The predicted octanol–water partition coefficient (Wildman–Crippen LogP) is 1.04. The largest absolute Gasteiger partial charge is 0.456 e. The quantitative estimate of drug-likeness (QED) is 0.137. The maximum absolute atomic E-state index is 13.1. The van der Waals surface area contributed by atoms with Crippen molar-refractivity contribution in [3.63, 3.8) is 0 Å². The van der Waals surface area contributed by atoms with Gasteiger partial charge in [0.25, 0.3) is 5.91 Å². The van der Waals surface area contributed by atoms with E-state index in [1.807, 2.05) is 0 Å². The van der Waals surface area contributed by atoms with E-state index in [0.717, 1.165) is 0 Å². The van der Waals surface area contributed by atoms with Crippen molar-refractivity contribution in [1.29, 1.82) is 0 Å². The number of carbonyl (C=O) groups excluding carboxylic acids is 5. The van der Waals surface area contributed by atoms with E-state index in [4.69, 9.17) is 4.74 Å². The molecule has 10 nitrogen and oxygen atoms in total. The Kier molecular flexibility index (Phi) is 11.2. The maximum Gasteiger partial charge on any atom is 0.329 e. The van der Waals surface area contributed by atoms with Gasteiger partial charge in [0.15, 0.2) is 0 Å². The summed E-state index contributed by atoms with van der Waals surface area (Å²) in [6, 6.07) is -2.86. The van der Waals surface area contributed by atoms with Crippen molar-refractivity contribution in [3.05, 3.63) is 23.9 Å². The first kappa shape index (κ1) is 28.8. The molecule has 194 valence electrons. The number of esters is 1. The number of hydrogen-bond donors (Lipinski definition) is 4. The molecule has 0 aromatic heterocycles. The molecule has 4 atom stereocenters. The molecule has 0 aliphatic carbocycles. The number of hydrogen-bond acceptors (Lipinski definition) is 8. The van der Waals surface area contributed by atoms with E-state index in [-0.39, 0.29) is 29.7 Å². The van der Waals surface area contributed by atoms with Gasteiger partial charge in [0, 0.05) is 11.5 Å². The van der Waals surface area contributed by atoms with Gasteiger partial charge in [-0.3, -0.25) is 19.2 Å². The molecule has 0 radical (unpaired) electrons. The molecule has 35 heavy (non-hydrogen) atoms. The monoisotopic (exact) mass is 526 g/mol. The number of fused-ring (bicyclic) bond motifs is 16. The molecular formula is C23H34N4O6S2. The van der Waals surface area contributed by atoms with E-state index in [0.29, 0.717) is 5.75 Å². The number of ether oxygens (including phenoxy) is 1. The van der Waals surface area contributed by atoms with Crippen LogP contribution in [-0.4, -0.2) is 65.3 Å². The van der Waals surface area contributed by atoms with E-state index in [9.17, 15) is 24.0 Å². The zero-order valence-electron chi connectivity index (χ0n) is 20.6. The molecule has 12 heteroatoms. The molecule has 3 aliphatic heterocycles. The smallest absolute Gasteiger partial charge is 0.329 e. The van der Waals surface area contributed by atoms with E-state index >= 15 is 0 Å². The van der Waals surface area contributed by atoms with E-state index in [2.05, 4.69) is 21.3 Å². The second-order valence-electron chi connectivity index (χ2n) is 8.91. The summed E-state index contributed by atoms with van der Waals surface area (Å²) in [5.41, 5.74) is -0.0466. The zero-order valence-corrected chi connectivity index (χ0v) is 22.2. The molecule has 0 unspecified atom stereocenters. The highest BCUT2D eigenvalue weighted by molar-refractivity contribution is 8.76. The van der Waals surface area contributed by atoms with E-state index in [1.54, 1.807) is 46.8 Å². The molecular weight excluding hydrogens is 492 g/mol. The lowest BCUT2D eigenvalue weighted by Gasteiger charge is -2.28. The third-order valence-corrected chi connectivity index (χ3v) is 7.67. The van der Waals surface area contributed by atoms with Crippen molar-refractivity contribution in [2.75, 3.05) is 11.5 Å². The summed E-state index contributed by atoms with van der Waals surface area (Å²) in [6.07, 6.45) is 3.76. The third kappa shape index (κ3) is 8.60. The highest BCUT2D eigenvalue weighted by Crippen LogP contribution is 2.23. The molecule has 3 heterocycles. The van der Waals surface area contributed by atoms with Crippen molar-refractivity contribution in [2.45, 2.75) is 65.3 Å². The standard InChI is InChI=1S/C23H34N4O6S2/c1-6-15-20(29)27-19(13(4)5)23(32)33-14-8-7-9-34-35-11-16(21(30)24-15)25-22(31)18(12(2)3)26-17(28)10-14/h6-8,12-14,16,18-19H,9-11H2,1-5H3,(H,24,30)(H,25,31)(H,26,28)(H,27,29)/b8-7+,15-6-/t14-,16-,18-,19+/m1/s1. The van der Waals surface area contributed by atoms with Gasteiger partial charge in [-0.2, -0.15) is 0 Å². The van der Waals surface area contributed by atoms with Crippen LogP contribution in [0, 0.1) is 11.8 Å². The van der Waals surface area contributed by atoms with Crippen LogP contribution in [0.1, 0.15) is 41.0 Å². The average molecular weight is 527 g/mol. The van der Waals surface area contributed by atoms with Crippen molar-refractivity contribution in [3.8, 4) is 0 Å². The summed E-state index contributed by atoms with van der Waals surface area (Å²) in [4.78, 5) is 64.9. The molecule has 2 bridgehead atoms. The van der Waals surface area contributed by atoms with Crippen molar-refractivity contribution in [2.24, 2.45) is 11.8 Å². The van der Waals surface area contributed by atoms with Gasteiger partial charge < -0.3 is 26.0 Å². The van der Waals surface area contributed by atoms with Crippen molar-refractivity contribution >= 4 is 51.2 Å². The summed E-state index contributed by atoms with van der Waals surface area (Å²) >= 11 is 0. The summed E-state index contributed by atoms with van der Waals surface area (Å²) in [6.45, 7) is 8.64. The van der Waals surface area contributed by atoms with Crippen LogP contribution < -0.4 is 21.3 Å². The van der Waals surface area contributed by atoms with Gasteiger partial charge in [-0.05, 0) is 24.8 Å². The zero-order chi connectivity index (χ0) is 26.1. The Morgan fingerprint density at radius 3 is 2.26 bits per heavy atom. The van der Waals surface area contributed by atoms with Crippen LogP contribution in [-0.2, 0) is 28.7 Å². The van der Waals surface area contributed by atoms with Gasteiger partial charge in [-0.15, -0.1) is 0 Å². The van der Waals surface area contributed by atoms with Crippen LogP contribution in [0.3, 0.4) is 0 Å². The number of carbonyl (C=O) groups is 5. The molecule has 0 saturated carbocycles. The molecule has 1 fully saturated rings. The Morgan fingerprint density at radius 1 is 0.943 bits per heavy atom. The minimum absolute atomic E-state index is 0.0466. The third-order valence-electron chi connectivity index (χ3n) is 5.38. The Balaban J connectivity index is 2.55. The van der Waals surface area contributed by atoms with Gasteiger partial charge in [0.2, 0.25) is 17.7 Å². The summed E-state index contributed by atoms with van der Waals surface area (Å²) in [7, 11) is 2.82. The summed E-state index contributed by atoms with van der Waals surface area (Å²) < 4.78 is 5.62. The highest BCUT2D eigenvalue weighted by atomic mass is 33.1. The molecule has 4 N–H and O–H groups in total. The van der Waals surface area contributed by atoms with Crippen molar-refractivity contribution < 1.29 is 28.7 Å². The number of amides is 4. The van der Waals surface area contributed by atoms with Crippen LogP contribution >= 0.6 is 21.6 Å². The van der Waals surface area contributed by atoms with Gasteiger partial charge in [-0.25, -0.2) is 4.79 Å². The van der Waals surface area contributed by atoms with Gasteiger partial charge in [0.05, 0.1) is 6.42 Å². The van der Waals surface area contributed by atoms with Crippen LogP contribution in [0.15, 0.2) is 23.9 Å². The molecule has 4 amide bonds. The lowest BCUT2D eigenvalue weighted by Crippen LogP contribution is -2.57. The number of nitrogens with one attached hydrogen (secondary N) is 4. The summed E-state index contributed by atoms with van der Waals surface area (Å²) in [5.74, 6) is -2.75. The number of allylic oxidation sites excluding steroid dienone is 1. The summed E-state index contributed by atoms with van der Waals surface area (Å²) in [5, 5.41) is 10.6. The topological polar surface area (TPSA) is 143 Å². The normalized spacial score (nSPS) is 29.8. The minimum atomic E-state index is -1.00. The fraction of sp³-hybridized carbons (Fsp3) is 0.609. The lowest BCUT2D eigenvalue weighted by atomic mass is 10.0. The fourth-order valence-corrected chi connectivity index (χ4v) is 5.35. The number of rotatable bonds is 2. The second-order valence-corrected chi connectivity index (χ2v) is 11.5. The highest BCUT2D eigenvalue weighted by Gasteiger charge is 2.33. The second kappa shape index (κ2) is 13.6. The Labute approximate surface area is 213 Å². The van der Waals surface area contributed by atoms with Crippen LogP contribution in [0.4, 0.5) is 0 Å². The van der Waals surface area contributed by atoms with Gasteiger partial charge in [-0.1, -0.05) is 61.4 Å². The molecule has 3 rings (SSSR count). The average Bonchev–Trinajstić information content (AvgIpc) is 2.78. The lowest BCUT2D eigenvalue weighted by molar-refractivity contribution is -0.153. The molecule has 0 spiro atoms. The van der Waals surface area contributed by atoms with Crippen LogP contribution in [0.25, 0.3) is 0 Å². The first-order valence-corrected chi connectivity index (χ1v) is 14.0. The maximum atomic E-state index is 13.1. The fourth-order valence-electron chi connectivity index (χ4n) is 3.37. The molecule has 0 aromatic rings. The molecule has 3 aliphatic rings. The van der Waals surface area contributed by atoms with Crippen LogP contribution in [0.5, 0.6) is 0 Å². The van der Waals surface area contributed by atoms with Gasteiger partial charge >= 0.3 is 5.97 Å². The first-order chi connectivity index (χ1) is 16.5. The van der Waals surface area contributed by atoms with Crippen molar-refractivity contribution in [1.82, 2.24) is 21.3 Å². The Morgan fingerprint density at radius 2 is 1.63 bits per heavy atom. The predicted molar refractivity (Wildman–Crippen MR) is 136 cm³/mol. The van der Waals surface area contributed by atoms with E-state index in [1.165, 1.54) is 27.7 Å². The Bertz CT molecular complexity index is 889. The Hall–Kier alpha value is -2.47. The SMILES string of the molecule is C/C=C1\NC(=O)[C@H]2CSSC/C=C/[C@H](CC(=O)N[C@H](C(C)C)C(=O)N2)OC(=O)[C@H](C(C)C)NC1=O. The molecule has 0 aromatic carbocycles.